The van der Waals surface area contributed by atoms with E-state index >= 15 is 0 Å². The van der Waals surface area contributed by atoms with Crippen LogP contribution in [-0.2, 0) is 18.4 Å². The molecule has 0 aromatic carbocycles. The molecule has 0 aliphatic rings. The third kappa shape index (κ3) is 35.3. The van der Waals surface area contributed by atoms with E-state index in [1.807, 2.05) is 33.3 Å². The molecule has 0 fully saturated rings. The first-order chi connectivity index (χ1) is 25.8. The van der Waals surface area contributed by atoms with E-state index in [1.54, 1.807) is 6.08 Å². The Labute approximate surface area is 331 Å². The molecule has 0 spiro atoms. The van der Waals surface area contributed by atoms with Crippen LogP contribution in [0, 0.1) is 0 Å². The second-order valence-electron chi connectivity index (χ2n) is 16.4. The van der Waals surface area contributed by atoms with Crippen LogP contribution in [0.5, 0.6) is 0 Å². The zero-order valence-electron chi connectivity index (χ0n) is 35.4. The monoisotopic (exact) mass is 789 g/mol. The predicted molar refractivity (Wildman–Crippen MR) is 222 cm³/mol. The first kappa shape index (κ1) is 52.9. The highest BCUT2D eigenvalue weighted by molar-refractivity contribution is 7.45. The molecule has 320 valence electrons. The summed E-state index contributed by atoms with van der Waals surface area (Å²) >= 11 is 0. The van der Waals surface area contributed by atoms with Gasteiger partial charge in [-0.3, -0.25) is 9.36 Å². The molecule has 54 heavy (non-hydrogen) atoms. The van der Waals surface area contributed by atoms with Crippen molar-refractivity contribution in [1.82, 2.24) is 5.32 Å². The summed E-state index contributed by atoms with van der Waals surface area (Å²) in [7, 11) is 1.16. The predicted octanol–water partition coefficient (Wildman–Crippen LogP) is 9.06. The van der Waals surface area contributed by atoms with Crippen molar-refractivity contribution in [2.24, 2.45) is 0 Å². The van der Waals surface area contributed by atoms with Gasteiger partial charge in [-0.15, -0.1) is 0 Å². The van der Waals surface area contributed by atoms with Crippen LogP contribution >= 0.6 is 7.82 Å². The van der Waals surface area contributed by atoms with E-state index in [0.717, 1.165) is 57.8 Å². The van der Waals surface area contributed by atoms with E-state index in [4.69, 9.17) is 9.05 Å². The third-order valence-corrected chi connectivity index (χ3v) is 10.8. The van der Waals surface area contributed by atoms with Gasteiger partial charge in [-0.25, -0.2) is 0 Å². The number of nitrogens with one attached hydrogen (secondary N) is 1. The van der Waals surface area contributed by atoms with Crippen LogP contribution in [0.25, 0.3) is 0 Å². The highest BCUT2D eigenvalue weighted by atomic mass is 31.2. The van der Waals surface area contributed by atoms with Crippen molar-refractivity contribution < 1.29 is 43.1 Å². The number of carbonyl (C=O) groups is 1. The molecule has 4 N–H and O–H groups in total. The van der Waals surface area contributed by atoms with Gasteiger partial charge in [0.2, 0.25) is 5.91 Å². The van der Waals surface area contributed by atoms with Crippen LogP contribution in [0.4, 0.5) is 0 Å². The zero-order valence-corrected chi connectivity index (χ0v) is 36.3. The van der Waals surface area contributed by atoms with Crippen LogP contribution in [0.15, 0.2) is 24.3 Å². The van der Waals surface area contributed by atoms with E-state index in [9.17, 15) is 29.6 Å². The molecule has 0 aliphatic carbocycles. The number of aliphatic hydroxyl groups excluding tert-OH is 3. The number of aliphatic hydroxyl groups is 3. The number of phosphoric ester groups is 1. The van der Waals surface area contributed by atoms with Crippen molar-refractivity contribution in [2.45, 2.75) is 205 Å². The first-order valence-electron chi connectivity index (χ1n) is 21.9. The van der Waals surface area contributed by atoms with E-state index in [0.29, 0.717) is 30.3 Å². The van der Waals surface area contributed by atoms with Gasteiger partial charge in [-0.05, 0) is 44.9 Å². The fourth-order valence-electron chi connectivity index (χ4n) is 6.17. The fraction of sp³-hybridized carbons (Fsp3) is 0.884. The maximum absolute atomic E-state index is 12.8. The minimum absolute atomic E-state index is 0.0288. The number of likely N-dealkylation sites (N-methyl/N-ethyl adjacent to an activating group) is 1. The Hall–Kier alpha value is -1.10. The molecule has 0 aromatic rings. The van der Waals surface area contributed by atoms with Crippen molar-refractivity contribution in [2.75, 3.05) is 40.9 Å². The highest BCUT2D eigenvalue weighted by Gasteiger charge is 2.23. The summed E-state index contributed by atoms with van der Waals surface area (Å²) in [5.74, 6) is -0.277. The van der Waals surface area contributed by atoms with Gasteiger partial charge < -0.3 is 39.1 Å². The molecule has 0 heterocycles. The standard InChI is InChI=1S/C43H85N2O8P/c1-6-8-10-12-14-15-16-17-18-19-20-21-22-25-28-32-40(46)39(38-53-54(50,51)52-37-36-45(3,4)5)44-43(49)35-31-27-23-26-30-34-42(48)41(47)33-29-24-13-11-9-7-2/h24,28-29,32,39-42,46-48H,6-23,25-27,30-31,33-38H2,1-5H3,(H-,44,49,50,51)/b29-24-,32-28+/t39-,40+,41-,42-/m0/s1. The Bertz CT molecular complexity index is 974. The number of hydrogen-bond acceptors (Lipinski definition) is 8. The maximum atomic E-state index is 12.8. The molecular formula is C43H85N2O8P. The van der Waals surface area contributed by atoms with Crippen LogP contribution < -0.4 is 10.2 Å². The molecule has 11 heteroatoms. The number of quaternary nitrogens is 1. The van der Waals surface area contributed by atoms with Gasteiger partial charge in [-0.2, -0.15) is 0 Å². The SMILES string of the molecule is CCCCC/C=C\C[C@H](O)[C@@H](O)CCCCCCCC(=O)N[C@@H](COP(=O)([O-])OCC[N+](C)(C)C)[C@H](O)/C=C/CCCCCCCCCCCCCCC. The molecule has 5 atom stereocenters. The maximum Gasteiger partial charge on any atom is 0.268 e. The summed E-state index contributed by atoms with van der Waals surface area (Å²) in [4.78, 5) is 25.3. The van der Waals surface area contributed by atoms with Crippen LogP contribution in [0.1, 0.15) is 181 Å². The lowest BCUT2D eigenvalue weighted by Gasteiger charge is -2.29. The number of allylic oxidation sites excluding steroid dienone is 2. The Kier molecular flexibility index (Phi) is 34.4. The third-order valence-electron chi connectivity index (χ3n) is 9.86. The topological polar surface area (TPSA) is 148 Å². The number of phosphoric acid groups is 1. The second-order valence-corrected chi connectivity index (χ2v) is 17.8. The number of unbranched alkanes of at least 4 members (excludes halogenated alkanes) is 20. The fourth-order valence-corrected chi connectivity index (χ4v) is 6.90. The molecule has 0 aromatic heterocycles. The Morgan fingerprint density at radius 1 is 0.685 bits per heavy atom. The van der Waals surface area contributed by atoms with Gasteiger partial charge in [-0.1, -0.05) is 154 Å². The number of carbonyl (C=O) groups excluding carboxylic acids is 1. The van der Waals surface area contributed by atoms with Gasteiger partial charge in [0, 0.05) is 6.42 Å². The van der Waals surface area contributed by atoms with E-state index in [1.165, 1.54) is 83.5 Å². The molecule has 1 unspecified atom stereocenters. The van der Waals surface area contributed by atoms with Crippen molar-refractivity contribution >= 4 is 13.7 Å². The molecule has 10 nitrogen and oxygen atoms in total. The Balaban J connectivity index is 4.58. The molecule has 0 saturated carbocycles. The summed E-state index contributed by atoms with van der Waals surface area (Å²) in [6, 6.07) is -0.941. The number of rotatable bonds is 39. The summed E-state index contributed by atoms with van der Waals surface area (Å²) in [6.45, 7) is 4.44. The number of hydrogen-bond donors (Lipinski definition) is 4. The van der Waals surface area contributed by atoms with E-state index < -0.39 is 38.8 Å². The molecular weight excluding hydrogens is 703 g/mol. The van der Waals surface area contributed by atoms with Crippen molar-refractivity contribution in [3.8, 4) is 0 Å². The normalized spacial score (nSPS) is 15.8. The summed E-state index contributed by atoms with van der Waals surface area (Å²) in [6.07, 6.45) is 32.3. The second kappa shape index (κ2) is 35.1. The van der Waals surface area contributed by atoms with Gasteiger partial charge >= 0.3 is 0 Å². The average molecular weight is 789 g/mol. The van der Waals surface area contributed by atoms with Crippen LogP contribution in [0.2, 0.25) is 0 Å². The molecule has 0 saturated heterocycles. The number of amides is 1. The van der Waals surface area contributed by atoms with Crippen LogP contribution in [0.3, 0.4) is 0 Å². The average Bonchev–Trinajstić information content (AvgIpc) is 3.11. The quantitative estimate of drug-likeness (QED) is 0.0209. The smallest absolute Gasteiger partial charge is 0.268 e. The highest BCUT2D eigenvalue weighted by Crippen LogP contribution is 2.38. The van der Waals surface area contributed by atoms with Gasteiger partial charge in [0.05, 0.1) is 52.1 Å². The molecule has 0 rings (SSSR count). The first-order valence-corrected chi connectivity index (χ1v) is 23.3. The van der Waals surface area contributed by atoms with Crippen molar-refractivity contribution in [3.05, 3.63) is 24.3 Å². The Morgan fingerprint density at radius 2 is 1.19 bits per heavy atom. The summed E-state index contributed by atoms with van der Waals surface area (Å²) < 4.78 is 23.1. The summed E-state index contributed by atoms with van der Waals surface area (Å²) in [5, 5.41) is 34.2. The number of nitrogens with zero attached hydrogens (tertiary/aromatic N) is 1. The zero-order chi connectivity index (χ0) is 40.3. The van der Waals surface area contributed by atoms with E-state index in [2.05, 4.69) is 25.2 Å². The van der Waals surface area contributed by atoms with Crippen molar-refractivity contribution in [3.63, 3.8) is 0 Å². The van der Waals surface area contributed by atoms with Crippen molar-refractivity contribution in [1.29, 1.82) is 0 Å². The Morgan fingerprint density at radius 3 is 1.78 bits per heavy atom. The van der Waals surface area contributed by atoms with Gasteiger partial charge in [0.25, 0.3) is 7.82 Å². The minimum atomic E-state index is -4.62. The lowest BCUT2D eigenvalue weighted by molar-refractivity contribution is -0.870. The lowest BCUT2D eigenvalue weighted by Crippen LogP contribution is -2.45. The van der Waals surface area contributed by atoms with Crippen LogP contribution in [-0.4, -0.2) is 91.0 Å². The van der Waals surface area contributed by atoms with Gasteiger partial charge in [0.1, 0.15) is 13.2 Å². The largest absolute Gasteiger partial charge is 0.756 e. The molecule has 0 radical (unpaired) electrons. The summed E-state index contributed by atoms with van der Waals surface area (Å²) in [5.41, 5.74) is 0. The molecule has 0 bridgehead atoms. The van der Waals surface area contributed by atoms with Gasteiger partial charge in [0.15, 0.2) is 0 Å². The minimum Gasteiger partial charge on any atom is -0.756 e. The van der Waals surface area contributed by atoms with E-state index in [-0.39, 0.29) is 18.9 Å². The molecule has 0 aliphatic heterocycles. The lowest BCUT2D eigenvalue weighted by atomic mass is 10.0. The molecule has 1 amide bonds.